The quantitative estimate of drug-likeness (QED) is 0.866. The zero-order chi connectivity index (χ0) is 17.2. The van der Waals surface area contributed by atoms with Crippen molar-refractivity contribution in [2.24, 2.45) is 11.8 Å². The van der Waals surface area contributed by atoms with Gasteiger partial charge in [0.15, 0.2) is 0 Å². The summed E-state index contributed by atoms with van der Waals surface area (Å²) in [7, 11) is 0. The number of rotatable bonds is 4. The molecule has 0 bridgehead atoms. The second kappa shape index (κ2) is 8.11. The maximum Gasteiger partial charge on any atom is 0.223 e. The number of halogens is 1. The number of aromatic hydroxyl groups is 1. The molecule has 138 valence electrons. The number of carbonyl (C=O) groups excluding carboxylic acids is 1. The summed E-state index contributed by atoms with van der Waals surface area (Å²) < 4.78 is 0. The maximum atomic E-state index is 13.0. The van der Waals surface area contributed by atoms with Crippen molar-refractivity contribution < 1.29 is 9.90 Å². The van der Waals surface area contributed by atoms with E-state index in [1.165, 1.54) is 5.56 Å². The highest BCUT2D eigenvalue weighted by atomic mass is 35.5. The Labute approximate surface area is 160 Å². The van der Waals surface area contributed by atoms with Crippen LogP contribution < -0.4 is 5.32 Å². The lowest BCUT2D eigenvalue weighted by Crippen LogP contribution is -2.34. The predicted molar refractivity (Wildman–Crippen MR) is 104 cm³/mol. The molecule has 2 saturated heterocycles. The van der Waals surface area contributed by atoms with Crippen LogP contribution in [0.3, 0.4) is 0 Å². The SMILES string of the molecule is Cl.O=C(CCc1cccc(O)c1)N1C[C@@H]2CNC[C@@H]2[C@@H]1c1ccccc1. The van der Waals surface area contributed by atoms with E-state index in [0.717, 1.165) is 25.2 Å². The molecule has 0 radical (unpaired) electrons. The zero-order valence-corrected chi connectivity index (χ0v) is 15.5. The van der Waals surface area contributed by atoms with Crippen molar-refractivity contribution in [1.82, 2.24) is 10.2 Å². The largest absolute Gasteiger partial charge is 0.508 e. The number of phenols is 1. The van der Waals surface area contributed by atoms with Crippen LogP contribution in [0.1, 0.15) is 23.6 Å². The molecule has 2 N–H and O–H groups in total. The monoisotopic (exact) mass is 372 g/mol. The van der Waals surface area contributed by atoms with E-state index in [4.69, 9.17) is 0 Å². The number of benzene rings is 2. The summed E-state index contributed by atoms with van der Waals surface area (Å²) in [5, 5.41) is 13.1. The Balaban J connectivity index is 0.00000196. The van der Waals surface area contributed by atoms with E-state index < -0.39 is 0 Å². The topological polar surface area (TPSA) is 52.6 Å². The lowest BCUT2D eigenvalue weighted by atomic mass is 9.89. The van der Waals surface area contributed by atoms with E-state index in [1.54, 1.807) is 12.1 Å². The average molecular weight is 373 g/mol. The van der Waals surface area contributed by atoms with E-state index >= 15 is 0 Å². The van der Waals surface area contributed by atoms with Crippen LogP contribution in [-0.4, -0.2) is 35.5 Å². The Bertz CT molecular complexity index is 753. The smallest absolute Gasteiger partial charge is 0.223 e. The van der Waals surface area contributed by atoms with Crippen molar-refractivity contribution in [2.75, 3.05) is 19.6 Å². The molecule has 5 heteroatoms. The number of phenolic OH excluding ortho intramolecular Hbond substituents is 1. The third kappa shape index (κ3) is 3.71. The Morgan fingerprint density at radius 2 is 1.92 bits per heavy atom. The molecule has 0 aromatic heterocycles. The molecule has 0 aliphatic carbocycles. The van der Waals surface area contributed by atoms with Crippen molar-refractivity contribution in [2.45, 2.75) is 18.9 Å². The molecule has 4 nitrogen and oxygen atoms in total. The van der Waals surface area contributed by atoms with E-state index in [0.29, 0.717) is 24.7 Å². The summed E-state index contributed by atoms with van der Waals surface area (Å²) in [6.07, 6.45) is 1.15. The minimum absolute atomic E-state index is 0. The number of amides is 1. The van der Waals surface area contributed by atoms with Gasteiger partial charge in [0.1, 0.15) is 5.75 Å². The molecule has 2 heterocycles. The summed E-state index contributed by atoms with van der Waals surface area (Å²) in [6.45, 7) is 2.83. The van der Waals surface area contributed by atoms with E-state index in [9.17, 15) is 9.90 Å². The van der Waals surface area contributed by atoms with Crippen molar-refractivity contribution in [3.8, 4) is 5.75 Å². The molecule has 26 heavy (non-hydrogen) atoms. The van der Waals surface area contributed by atoms with Gasteiger partial charge in [0.25, 0.3) is 0 Å². The van der Waals surface area contributed by atoms with Crippen LogP contribution >= 0.6 is 12.4 Å². The van der Waals surface area contributed by atoms with Gasteiger partial charge in [-0.25, -0.2) is 0 Å². The normalized spacial score (nSPS) is 24.2. The van der Waals surface area contributed by atoms with Gasteiger partial charge in [-0.2, -0.15) is 0 Å². The fourth-order valence-corrected chi connectivity index (χ4v) is 4.36. The molecule has 2 aliphatic rings. The van der Waals surface area contributed by atoms with Gasteiger partial charge >= 0.3 is 0 Å². The van der Waals surface area contributed by atoms with Crippen molar-refractivity contribution in [1.29, 1.82) is 0 Å². The van der Waals surface area contributed by atoms with Gasteiger partial charge in [-0.15, -0.1) is 12.4 Å². The third-order valence-electron chi connectivity index (χ3n) is 5.56. The maximum absolute atomic E-state index is 13.0. The van der Waals surface area contributed by atoms with Crippen LogP contribution in [0.15, 0.2) is 54.6 Å². The number of nitrogens with one attached hydrogen (secondary N) is 1. The molecule has 0 spiro atoms. The van der Waals surface area contributed by atoms with Crippen LogP contribution in [-0.2, 0) is 11.2 Å². The van der Waals surface area contributed by atoms with Gasteiger partial charge in [0, 0.05) is 32.0 Å². The summed E-state index contributed by atoms with van der Waals surface area (Å²) in [6, 6.07) is 17.8. The fourth-order valence-electron chi connectivity index (χ4n) is 4.36. The Kier molecular flexibility index (Phi) is 5.84. The van der Waals surface area contributed by atoms with Crippen LogP contribution in [0.2, 0.25) is 0 Å². The van der Waals surface area contributed by atoms with Gasteiger partial charge in [-0.3, -0.25) is 4.79 Å². The highest BCUT2D eigenvalue weighted by molar-refractivity contribution is 5.85. The second-order valence-corrected chi connectivity index (χ2v) is 7.15. The number of aryl methyl sites for hydroxylation is 1. The summed E-state index contributed by atoms with van der Waals surface area (Å²) in [5.41, 5.74) is 2.25. The number of likely N-dealkylation sites (tertiary alicyclic amines) is 1. The Hall–Kier alpha value is -2.04. The number of nitrogens with zero attached hydrogens (tertiary/aromatic N) is 1. The Morgan fingerprint density at radius 1 is 1.12 bits per heavy atom. The first kappa shape index (κ1) is 18.7. The summed E-state index contributed by atoms with van der Waals surface area (Å²) in [5.74, 6) is 1.53. The van der Waals surface area contributed by atoms with E-state index in [-0.39, 0.29) is 30.1 Å². The molecular formula is C21H25ClN2O2. The summed E-state index contributed by atoms with van der Waals surface area (Å²) >= 11 is 0. The molecule has 0 unspecified atom stereocenters. The van der Waals surface area contributed by atoms with Gasteiger partial charge in [0.05, 0.1) is 6.04 Å². The first-order valence-electron chi connectivity index (χ1n) is 9.05. The highest BCUT2D eigenvalue weighted by Crippen LogP contribution is 2.42. The molecule has 0 saturated carbocycles. The number of fused-ring (bicyclic) bond motifs is 1. The third-order valence-corrected chi connectivity index (χ3v) is 5.56. The lowest BCUT2D eigenvalue weighted by Gasteiger charge is -2.28. The molecular weight excluding hydrogens is 348 g/mol. The minimum Gasteiger partial charge on any atom is -0.508 e. The van der Waals surface area contributed by atoms with Gasteiger partial charge in [-0.05, 0) is 35.6 Å². The average Bonchev–Trinajstić information content (AvgIpc) is 3.21. The van der Waals surface area contributed by atoms with Crippen LogP contribution in [0, 0.1) is 11.8 Å². The van der Waals surface area contributed by atoms with Crippen LogP contribution in [0.4, 0.5) is 0 Å². The molecule has 3 atom stereocenters. The second-order valence-electron chi connectivity index (χ2n) is 7.15. The molecule has 1 amide bonds. The highest BCUT2D eigenvalue weighted by Gasteiger charge is 2.46. The molecule has 4 rings (SSSR count). The molecule has 2 fully saturated rings. The van der Waals surface area contributed by atoms with E-state index in [1.807, 2.05) is 18.2 Å². The van der Waals surface area contributed by atoms with Crippen molar-refractivity contribution in [3.05, 3.63) is 65.7 Å². The lowest BCUT2D eigenvalue weighted by molar-refractivity contribution is -0.132. The number of carbonyl (C=O) groups is 1. The van der Waals surface area contributed by atoms with E-state index in [2.05, 4.69) is 34.5 Å². The summed E-state index contributed by atoms with van der Waals surface area (Å²) in [4.78, 5) is 15.1. The van der Waals surface area contributed by atoms with Crippen LogP contribution in [0.25, 0.3) is 0 Å². The van der Waals surface area contributed by atoms with Gasteiger partial charge < -0.3 is 15.3 Å². The standard InChI is InChI=1S/C21H24N2O2.ClH/c24-18-8-4-5-15(11-18)9-10-20(25)23-14-17-12-22-13-19(17)21(23)16-6-2-1-3-7-16;/h1-8,11,17,19,21-22,24H,9-10,12-14H2;1H/t17-,19-,21-;/m0./s1. The molecule has 2 aromatic carbocycles. The molecule has 2 aliphatic heterocycles. The predicted octanol–water partition coefficient (Wildman–Crippen LogP) is 3.17. The van der Waals surface area contributed by atoms with Crippen LogP contribution in [0.5, 0.6) is 5.75 Å². The fraction of sp³-hybridized carbons (Fsp3) is 0.381. The Morgan fingerprint density at radius 3 is 2.69 bits per heavy atom. The first-order valence-corrected chi connectivity index (χ1v) is 9.05. The first-order chi connectivity index (χ1) is 12.2. The van der Waals surface area contributed by atoms with Crippen molar-refractivity contribution in [3.63, 3.8) is 0 Å². The van der Waals surface area contributed by atoms with Crippen molar-refractivity contribution >= 4 is 18.3 Å². The number of hydrogen-bond donors (Lipinski definition) is 2. The zero-order valence-electron chi connectivity index (χ0n) is 14.7. The van der Waals surface area contributed by atoms with Gasteiger partial charge in [-0.1, -0.05) is 42.5 Å². The van der Waals surface area contributed by atoms with Gasteiger partial charge in [0.2, 0.25) is 5.91 Å². The molecule has 2 aromatic rings. The minimum atomic E-state index is 0. The number of hydrogen-bond acceptors (Lipinski definition) is 3.